The third kappa shape index (κ3) is 3.67. The monoisotopic (exact) mass is 338 g/mol. The van der Waals surface area contributed by atoms with Gasteiger partial charge >= 0.3 is 5.97 Å². The number of nitrogens with one attached hydrogen (secondary N) is 2. The van der Waals surface area contributed by atoms with Gasteiger partial charge in [-0.1, -0.05) is 37.3 Å². The molecule has 0 aliphatic heterocycles. The Balaban J connectivity index is 1.78. The maximum absolute atomic E-state index is 11.6. The lowest BCUT2D eigenvalue weighted by atomic mass is 10.0. The Morgan fingerprint density at radius 3 is 2.68 bits per heavy atom. The maximum atomic E-state index is 11.6. The van der Waals surface area contributed by atoms with Gasteiger partial charge in [-0.25, -0.2) is 4.79 Å². The van der Waals surface area contributed by atoms with Crippen LogP contribution in [0.15, 0.2) is 48.5 Å². The summed E-state index contributed by atoms with van der Waals surface area (Å²) in [5.74, 6) is 0.0887. The van der Waals surface area contributed by atoms with Crippen molar-refractivity contribution in [1.82, 2.24) is 10.3 Å². The summed E-state index contributed by atoms with van der Waals surface area (Å²) in [5.41, 5.74) is 3.02. The molecule has 2 aromatic carbocycles. The number of carbonyl (C=O) groups is 1. The van der Waals surface area contributed by atoms with Gasteiger partial charge < -0.3 is 20.1 Å². The number of hydrogen-bond donors (Lipinski definition) is 3. The van der Waals surface area contributed by atoms with Crippen molar-refractivity contribution < 1.29 is 14.6 Å². The number of ether oxygens (including phenoxy) is 1. The third-order valence-electron chi connectivity index (χ3n) is 4.45. The first-order chi connectivity index (χ1) is 12.1. The second-order valence-electron chi connectivity index (χ2n) is 6.14. The zero-order valence-electron chi connectivity index (χ0n) is 14.4. The summed E-state index contributed by atoms with van der Waals surface area (Å²) in [6.07, 6.45) is 0. The highest BCUT2D eigenvalue weighted by atomic mass is 16.5. The van der Waals surface area contributed by atoms with Crippen LogP contribution in [0.5, 0.6) is 5.75 Å². The van der Waals surface area contributed by atoms with E-state index in [0.717, 1.165) is 23.0 Å². The van der Waals surface area contributed by atoms with Gasteiger partial charge in [0.15, 0.2) is 0 Å². The molecule has 3 N–H and O–H groups in total. The van der Waals surface area contributed by atoms with E-state index >= 15 is 0 Å². The van der Waals surface area contributed by atoms with E-state index in [0.29, 0.717) is 18.2 Å². The Morgan fingerprint density at radius 2 is 2.00 bits per heavy atom. The van der Waals surface area contributed by atoms with Crippen molar-refractivity contribution in [1.29, 1.82) is 0 Å². The third-order valence-corrected chi connectivity index (χ3v) is 4.45. The number of aromatic nitrogens is 1. The number of aromatic carboxylic acids is 1. The molecule has 1 atom stereocenters. The summed E-state index contributed by atoms with van der Waals surface area (Å²) in [6.45, 7) is 3.41. The number of benzene rings is 2. The molecule has 0 fully saturated rings. The molecule has 0 unspecified atom stereocenters. The summed E-state index contributed by atoms with van der Waals surface area (Å²) < 4.78 is 5.21. The van der Waals surface area contributed by atoms with Crippen LogP contribution in [0.1, 0.15) is 34.5 Å². The Morgan fingerprint density at radius 1 is 1.24 bits per heavy atom. The van der Waals surface area contributed by atoms with Crippen molar-refractivity contribution in [2.24, 2.45) is 0 Å². The lowest BCUT2D eigenvalue weighted by Gasteiger charge is -2.13. The Bertz CT molecular complexity index is 871. The van der Waals surface area contributed by atoms with Gasteiger partial charge in [0.1, 0.15) is 11.4 Å². The van der Waals surface area contributed by atoms with Gasteiger partial charge in [-0.2, -0.15) is 0 Å². The van der Waals surface area contributed by atoms with Gasteiger partial charge in [0.2, 0.25) is 0 Å². The fraction of sp³-hybridized carbons (Fsp3) is 0.250. The number of rotatable bonds is 7. The fourth-order valence-electron chi connectivity index (χ4n) is 3.04. The molecule has 5 heteroatoms. The number of hydrogen-bond acceptors (Lipinski definition) is 3. The van der Waals surface area contributed by atoms with Crippen molar-refractivity contribution >= 4 is 16.9 Å². The predicted molar refractivity (Wildman–Crippen MR) is 98.4 cm³/mol. The van der Waals surface area contributed by atoms with E-state index in [-0.39, 0.29) is 5.69 Å². The quantitative estimate of drug-likeness (QED) is 0.613. The Labute approximate surface area is 146 Å². The highest BCUT2D eigenvalue weighted by Gasteiger charge is 2.17. The molecule has 0 spiro atoms. The van der Waals surface area contributed by atoms with Gasteiger partial charge in [0.25, 0.3) is 0 Å². The van der Waals surface area contributed by atoms with Crippen LogP contribution in [0.4, 0.5) is 0 Å². The fourth-order valence-corrected chi connectivity index (χ4v) is 3.04. The first kappa shape index (κ1) is 17.0. The van der Waals surface area contributed by atoms with Crippen molar-refractivity contribution in [2.45, 2.75) is 19.4 Å². The predicted octanol–water partition coefficient (Wildman–Crippen LogP) is 3.77. The van der Waals surface area contributed by atoms with Crippen LogP contribution in [0.25, 0.3) is 10.9 Å². The van der Waals surface area contributed by atoms with Gasteiger partial charge in [0.05, 0.1) is 12.6 Å². The standard InChI is InChI=1S/C20H22N2O3/c1-13(14-6-4-3-5-7-14)11-21-12-17-16-9-8-15(25-2)10-18(16)22-19(17)20(23)24/h3-10,13,21-22H,11-12H2,1-2H3,(H,23,24)/t13-/m0/s1. The largest absolute Gasteiger partial charge is 0.497 e. The summed E-state index contributed by atoms with van der Waals surface area (Å²) in [4.78, 5) is 14.6. The zero-order chi connectivity index (χ0) is 17.8. The molecule has 1 aromatic heterocycles. The normalized spacial score (nSPS) is 12.2. The average Bonchev–Trinajstić information content (AvgIpc) is 3.00. The minimum Gasteiger partial charge on any atom is -0.497 e. The smallest absolute Gasteiger partial charge is 0.352 e. The molecule has 130 valence electrons. The van der Waals surface area contributed by atoms with E-state index in [2.05, 4.69) is 29.4 Å². The van der Waals surface area contributed by atoms with Gasteiger partial charge in [-0.05, 0) is 23.6 Å². The first-order valence-corrected chi connectivity index (χ1v) is 8.27. The maximum Gasteiger partial charge on any atom is 0.352 e. The number of methoxy groups -OCH3 is 1. The van der Waals surface area contributed by atoms with Gasteiger partial charge in [0, 0.05) is 30.1 Å². The molecule has 0 saturated heterocycles. The van der Waals surface area contributed by atoms with E-state index in [1.54, 1.807) is 7.11 Å². The summed E-state index contributed by atoms with van der Waals surface area (Å²) in [7, 11) is 1.59. The highest BCUT2D eigenvalue weighted by Crippen LogP contribution is 2.26. The average molecular weight is 338 g/mol. The molecule has 3 rings (SSSR count). The Kier molecular flexibility index (Phi) is 5.05. The van der Waals surface area contributed by atoms with E-state index < -0.39 is 5.97 Å². The van der Waals surface area contributed by atoms with Gasteiger partial charge in [-0.3, -0.25) is 0 Å². The topological polar surface area (TPSA) is 74.3 Å². The molecule has 0 amide bonds. The summed E-state index contributed by atoms with van der Waals surface area (Å²) >= 11 is 0. The van der Waals surface area contributed by atoms with Crippen LogP contribution in [0.2, 0.25) is 0 Å². The van der Waals surface area contributed by atoms with E-state index in [4.69, 9.17) is 4.74 Å². The van der Waals surface area contributed by atoms with Crippen molar-refractivity contribution in [3.63, 3.8) is 0 Å². The van der Waals surface area contributed by atoms with E-state index in [1.807, 2.05) is 36.4 Å². The van der Waals surface area contributed by atoms with Crippen LogP contribution in [0, 0.1) is 0 Å². The minimum absolute atomic E-state index is 0.225. The van der Waals surface area contributed by atoms with E-state index in [9.17, 15) is 9.90 Å². The number of H-pyrrole nitrogens is 1. The number of carboxylic acid groups (broad SMARTS) is 1. The molecular formula is C20H22N2O3. The lowest BCUT2D eigenvalue weighted by Crippen LogP contribution is -2.20. The molecule has 3 aromatic rings. The highest BCUT2D eigenvalue weighted by molar-refractivity contribution is 5.97. The second-order valence-corrected chi connectivity index (χ2v) is 6.14. The number of aromatic amines is 1. The minimum atomic E-state index is -0.955. The van der Waals surface area contributed by atoms with Crippen LogP contribution in [-0.2, 0) is 6.54 Å². The van der Waals surface area contributed by atoms with Crippen LogP contribution in [0.3, 0.4) is 0 Å². The summed E-state index contributed by atoms with van der Waals surface area (Å²) in [5, 5.41) is 13.8. The van der Waals surface area contributed by atoms with Crippen LogP contribution in [-0.4, -0.2) is 29.7 Å². The molecule has 0 aliphatic carbocycles. The van der Waals surface area contributed by atoms with Crippen molar-refractivity contribution in [2.75, 3.05) is 13.7 Å². The first-order valence-electron chi connectivity index (χ1n) is 8.27. The van der Waals surface area contributed by atoms with Crippen molar-refractivity contribution in [3.8, 4) is 5.75 Å². The SMILES string of the molecule is COc1ccc2c(CNC[C@H](C)c3ccccc3)c(C(=O)O)[nH]c2c1. The molecule has 0 radical (unpaired) electrons. The van der Waals surface area contributed by atoms with Crippen LogP contribution >= 0.6 is 0 Å². The molecule has 5 nitrogen and oxygen atoms in total. The van der Waals surface area contributed by atoms with Crippen LogP contribution < -0.4 is 10.1 Å². The second kappa shape index (κ2) is 7.40. The van der Waals surface area contributed by atoms with Gasteiger partial charge in [-0.15, -0.1) is 0 Å². The molecule has 0 bridgehead atoms. The number of carboxylic acids is 1. The molecule has 1 heterocycles. The molecule has 0 aliphatic rings. The van der Waals surface area contributed by atoms with Crippen molar-refractivity contribution in [3.05, 3.63) is 65.4 Å². The molecule has 0 saturated carbocycles. The molecule has 25 heavy (non-hydrogen) atoms. The summed E-state index contributed by atoms with van der Waals surface area (Å²) in [6, 6.07) is 15.8. The lowest BCUT2D eigenvalue weighted by molar-refractivity contribution is 0.0690. The van der Waals surface area contributed by atoms with E-state index in [1.165, 1.54) is 5.56 Å². The zero-order valence-corrected chi connectivity index (χ0v) is 14.4. The Hall–Kier alpha value is -2.79. The number of fused-ring (bicyclic) bond motifs is 1. The molecular weight excluding hydrogens is 316 g/mol.